The normalized spacial score (nSPS) is 18.1. The van der Waals surface area contributed by atoms with Crippen LogP contribution >= 0.6 is 11.8 Å². The molecule has 2 fully saturated rings. The number of rotatable bonds is 7. The van der Waals surface area contributed by atoms with E-state index >= 15 is 0 Å². The second-order valence-electron chi connectivity index (χ2n) is 6.39. The van der Waals surface area contributed by atoms with Gasteiger partial charge in [-0.05, 0) is 30.8 Å². The minimum atomic E-state index is -0.535. The van der Waals surface area contributed by atoms with Crippen molar-refractivity contribution in [1.29, 1.82) is 0 Å². The van der Waals surface area contributed by atoms with Gasteiger partial charge in [-0.25, -0.2) is 4.79 Å². The molecule has 0 bridgehead atoms. The number of benzene rings is 1. The molecule has 10 heteroatoms. The number of nitrogens with zero attached hydrogens (tertiary/aromatic N) is 2. The Morgan fingerprint density at radius 2 is 1.93 bits per heavy atom. The van der Waals surface area contributed by atoms with Crippen LogP contribution in [0.5, 0.6) is 5.75 Å². The van der Waals surface area contributed by atoms with Crippen LogP contribution in [0.2, 0.25) is 0 Å². The van der Waals surface area contributed by atoms with Crippen molar-refractivity contribution in [3.8, 4) is 5.75 Å². The Morgan fingerprint density at radius 3 is 2.67 bits per heavy atom. The number of esters is 1. The molecule has 2 heterocycles. The number of carbonyl (C=O) groups excluding carboxylic acids is 4. The number of hydrogen-bond donors (Lipinski definition) is 0. The molecule has 0 atom stereocenters. The van der Waals surface area contributed by atoms with Crippen LogP contribution in [0.3, 0.4) is 0 Å². The highest BCUT2D eigenvalue weighted by molar-refractivity contribution is 8.18. The van der Waals surface area contributed by atoms with Crippen LogP contribution in [-0.2, 0) is 23.9 Å². The Balaban J connectivity index is 1.69. The minimum absolute atomic E-state index is 0.182. The van der Waals surface area contributed by atoms with Gasteiger partial charge in [0.05, 0.1) is 24.7 Å². The van der Waals surface area contributed by atoms with Crippen LogP contribution in [0.25, 0.3) is 6.08 Å². The maximum absolute atomic E-state index is 12.7. The molecule has 0 radical (unpaired) electrons. The summed E-state index contributed by atoms with van der Waals surface area (Å²) in [5.41, 5.74) is 0.534. The number of ether oxygens (including phenoxy) is 3. The van der Waals surface area contributed by atoms with Crippen molar-refractivity contribution >= 4 is 40.9 Å². The molecular formula is C20H22N2O7S. The second kappa shape index (κ2) is 10.3. The smallest absolute Gasteiger partial charge is 0.344 e. The van der Waals surface area contributed by atoms with Gasteiger partial charge in [-0.15, -0.1) is 0 Å². The van der Waals surface area contributed by atoms with E-state index in [4.69, 9.17) is 14.2 Å². The van der Waals surface area contributed by atoms with Gasteiger partial charge in [-0.3, -0.25) is 19.3 Å². The SMILES string of the molecule is CCOC(=O)COc1ccccc1/C=C1/SC(=O)N(CC(=O)N2CCOCC2)C1=O. The van der Waals surface area contributed by atoms with E-state index in [-0.39, 0.29) is 30.6 Å². The van der Waals surface area contributed by atoms with Gasteiger partial charge in [0.15, 0.2) is 6.61 Å². The molecule has 0 aromatic heterocycles. The van der Waals surface area contributed by atoms with Gasteiger partial charge >= 0.3 is 5.97 Å². The van der Waals surface area contributed by atoms with E-state index < -0.39 is 17.1 Å². The second-order valence-corrected chi connectivity index (χ2v) is 7.39. The lowest BCUT2D eigenvalue weighted by molar-refractivity contribution is -0.145. The minimum Gasteiger partial charge on any atom is -0.481 e. The van der Waals surface area contributed by atoms with Crippen LogP contribution in [0.1, 0.15) is 12.5 Å². The highest BCUT2D eigenvalue weighted by atomic mass is 32.2. The Hall–Kier alpha value is -2.85. The van der Waals surface area contributed by atoms with Gasteiger partial charge in [0, 0.05) is 18.7 Å². The van der Waals surface area contributed by atoms with Crippen LogP contribution in [-0.4, -0.2) is 78.9 Å². The highest BCUT2D eigenvalue weighted by Crippen LogP contribution is 2.34. The molecule has 1 aromatic carbocycles. The van der Waals surface area contributed by atoms with E-state index in [2.05, 4.69) is 0 Å². The topological polar surface area (TPSA) is 102 Å². The van der Waals surface area contributed by atoms with E-state index in [1.807, 2.05) is 0 Å². The third kappa shape index (κ3) is 5.39. The first-order valence-corrected chi connectivity index (χ1v) is 10.3. The third-order valence-corrected chi connectivity index (χ3v) is 5.29. The number of thioether (sulfide) groups is 1. The van der Waals surface area contributed by atoms with E-state index in [9.17, 15) is 19.2 Å². The Labute approximate surface area is 177 Å². The summed E-state index contributed by atoms with van der Waals surface area (Å²) in [7, 11) is 0. The fraction of sp³-hybridized carbons (Fsp3) is 0.400. The maximum Gasteiger partial charge on any atom is 0.344 e. The summed E-state index contributed by atoms with van der Waals surface area (Å²) in [6.45, 7) is 3.14. The van der Waals surface area contributed by atoms with Crippen molar-refractivity contribution in [3.05, 3.63) is 34.7 Å². The molecule has 2 aliphatic rings. The van der Waals surface area contributed by atoms with Crippen molar-refractivity contribution in [2.75, 3.05) is 46.1 Å². The van der Waals surface area contributed by atoms with Crippen molar-refractivity contribution in [2.45, 2.75) is 6.92 Å². The molecule has 0 unspecified atom stereocenters. The van der Waals surface area contributed by atoms with E-state index in [1.54, 1.807) is 36.1 Å². The Kier molecular flexibility index (Phi) is 7.47. The summed E-state index contributed by atoms with van der Waals surface area (Å²) in [5, 5.41) is -0.502. The summed E-state index contributed by atoms with van der Waals surface area (Å²) in [6.07, 6.45) is 1.52. The first-order chi connectivity index (χ1) is 14.5. The molecule has 0 spiro atoms. The van der Waals surface area contributed by atoms with Crippen LogP contribution < -0.4 is 4.74 Å². The fourth-order valence-corrected chi connectivity index (χ4v) is 3.73. The summed E-state index contributed by atoms with van der Waals surface area (Å²) >= 11 is 0.762. The molecule has 2 saturated heterocycles. The largest absolute Gasteiger partial charge is 0.481 e. The predicted octanol–water partition coefficient (Wildman–Crippen LogP) is 1.52. The van der Waals surface area contributed by atoms with Crippen LogP contribution in [0.4, 0.5) is 4.79 Å². The molecule has 2 aliphatic heterocycles. The van der Waals surface area contributed by atoms with Crippen molar-refractivity contribution < 1.29 is 33.4 Å². The van der Waals surface area contributed by atoms with Crippen molar-refractivity contribution in [3.63, 3.8) is 0 Å². The number of para-hydroxylation sites is 1. The fourth-order valence-electron chi connectivity index (χ4n) is 2.90. The molecule has 0 saturated carbocycles. The van der Waals surface area contributed by atoms with Crippen LogP contribution in [0, 0.1) is 0 Å². The number of carbonyl (C=O) groups is 4. The molecule has 1 aromatic rings. The highest BCUT2D eigenvalue weighted by Gasteiger charge is 2.37. The summed E-state index contributed by atoms with van der Waals surface area (Å²) in [5.74, 6) is -0.956. The molecule has 160 valence electrons. The zero-order chi connectivity index (χ0) is 21.5. The lowest BCUT2D eigenvalue weighted by Gasteiger charge is -2.28. The monoisotopic (exact) mass is 434 g/mol. The van der Waals surface area contributed by atoms with Gasteiger partial charge in [0.2, 0.25) is 5.91 Å². The first-order valence-electron chi connectivity index (χ1n) is 9.48. The van der Waals surface area contributed by atoms with Crippen LogP contribution in [0.15, 0.2) is 29.2 Å². The average Bonchev–Trinajstić information content (AvgIpc) is 3.01. The molecular weight excluding hydrogens is 412 g/mol. The zero-order valence-corrected chi connectivity index (χ0v) is 17.3. The third-order valence-electron chi connectivity index (χ3n) is 4.39. The standard InChI is InChI=1S/C20H22N2O7S/c1-2-28-18(24)13-29-15-6-4-3-5-14(15)11-16-19(25)22(20(26)30-16)12-17(23)21-7-9-27-10-8-21/h3-6,11H,2,7-10,12-13H2,1H3/b16-11+. The van der Waals surface area contributed by atoms with E-state index in [1.165, 1.54) is 6.08 Å². The van der Waals surface area contributed by atoms with Crippen molar-refractivity contribution in [2.24, 2.45) is 0 Å². The maximum atomic E-state index is 12.7. The number of imide groups is 1. The number of morpholine rings is 1. The number of amides is 3. The molecule has 3 amide bonds. The summed E-state index contributed by atoms with van der Waals surface area (Å²) < 4.78 is 15.5. The van der Waals surface area contributed by atoms with Gasteiger partial charge in [0.1, 0.15) is 12.3 Å². The Morgan fingerprint density at radius 1 is 1.20 bits per heavy atom. The van der Waals surface area contributed by atoms with Gasteiger partial charge in [-0.2, -0.15) is 0 Å². The molecule has 0 N–H and O–H groups in total. The number of hydrogen-bond acceptors (Lipinski definition) is 8. The lowest BCUT2D eigenvalue weighted by atomic mass is 10.2. The van der Waals surface area contributed by atoms with E-state index in [0.29, 0.717) is 37.6 Å². The zero-order valence-electron chi connectivity index (χ0n) is 16.5. The lowest BCUT2D eigenvalue weighted by Crippen LogP contribution is -2.46. The molecule has 30 heavy (non-hydrogen) atoms. The molecule has 9 nitrogen and oxygen atoms in total. The van der Waals surface area contributed by atoms with Crippen molar-refractivity contribution in [1.82, 2.24) is 9.80 Å². The molecule has 3 rings (SSSR count). The van der Waals surface area contributed by atoms with Gasteiger partial charge < -0.3 is 19.1 Å². The molecule has 0 aliphatic carbocycles. The predicted molar refractivity (Wildman–Crippen MR) is 109 cm³/mol. The Bertz CT molecular complexity index is 864. The summed E-state index contributed by atoms with van der Waals surface area (Å²) in [6, 6.07) is 6.82. The van der Waals surface area contributed by atoms with Gasteiger partial charge in [-0.1, -0.05) is 18.2 Å². The van der Waals surface area contributed by atoms with E-state index in [0.717, 1.165) is 16.7 Å². The first kappa shape index (κ1) is 21.8. The van der Waals surface area contributed by atoms with Gasteiger partial charge in [0.25, 0.3) is 11.1 Å². The summed E-state index contributed by atoms with van der Waals surface area (Å²) in [4.78, 5) is 51.6. The average molecular weight is 434 g/mol. The quantitative estimate of drug-likeness (QED) is 0.470.